The smallest absolute Gasteiger partial charge is 0.330 e. The summed E-state index contributed by atoms with van der Waals surface area (Å²) in [6, 6.07) is 0. The number of unbranched alkanes of at least 4 members (excludes halogenated alkanes) is 16. The van der Waals surface area contributed by atoms with Crippen LogP contribution < -0.4 is 0 Å². The lowest BCUT2D eigenvalue weighted by molar-refractivity contribution is -0.137. The summed E-state index contributed by atoms with van der Waals surface area (Å²) in [5, 5.41) is 0. The van der Waals surface area contributed by atoms with Crippen LogP contribution in [0.5, 0.6) is 0 Å². The molecule has 0 heterocycles. The van der Waals surface area contributed by atoms with Gasteiger partial charge in [0, 0.05) is 6.08 Å². The lowest BCUT2D eigenvalue weighted by Gasteiger charge is -2.02. The Morgan fingerprint density at radius 2 is 1.04 bits per heavy atom. The van der Waals surface area contributed by atoms with Gasteiger partial charge in [0.05, 0.1) is 6.61 Å². The van der Waals surface area contributed by atoms with E-state index in [1.165, 1.54) is 96.3 Å². The highest BCUT2D eigenvalue weighted by atomic mass is 16.5. The van der Waals surface area contributed by atoms with E-state index in [1.807, 2.05) is 6.08 Å². The Hall–Kier alpha value is -0.790. The number of hydrogen-bond acceptors (Lipinski definition) is 2. The molecule has 0 aromatic rings. The van der Waals surface area contributed by atoms with E-state index in [0.29, 0.717) is 6.61 Å². The molecule has 0 bridgehead atoms. The predicted octanol–water partition coefficient (Wildman–Crippen LogP) is 8.15. The molecule has 0 saturated carbocycles. The molecular formula is C24H46O2. The molecule has 0 amide bonds. The van der Waals surface area contributed by atoms with Crippen LogP contribution in [0.25, 0.3) is 0 Å². The highest BCUT2D eigenvalue weighted by molar-refractivity contribution is 5.81. The van der Waals surface area contributed by atoms with Crippen LogP contribution in [0.4, 0.5) is 0 Å². The van der Waals surface area contributed by atoms with Crippen molar-refractivity contribution in [1.82, 2.24) is 0 Å². The molecule has 0 saturated heterocycles. The molecule has 0 aromatic carbocycles. The molecule has 0 spiro atoms. The second-order valence-corrected chi connectivity index (χ2v) is 7.66. The Morgan fingerprint density at radius 3 is 1.54 bits per heavy atom. The summed E-state index contributed by atoms with van der Waals surface area (Å²) < 4.78 is 5.18. The number of ether oxygens (including phenoxy) is 1. The summed E-state index contributed by atoms with van der Waals surface area (Å²) in [5.74, 6) is -0.170. The van der Waals surface area contributed by atoms with Crippen LogP contribution in [0.1, 0.15) is 129 Å². The van der Waals surface area contributed by atoms with Gasteiger partial charge in [0.15, 0.2) is 0 Å². The first-order valence-corrected chi connectivity index (χ1v) is 11.6. The van der Waals surface area contributed by atoms with Gasteiger partial charge in [-0.15, -0.1) is 0 Å². The molecule has 0 N–H and O–H groups in total. The highest BCUT2D eigenvalue weighted by Crippen LogP contribution is 2.13. The minimum Gasteiger partial charge on any atom is -0.463 e. The van der Waals surface area contributed by atoms with Crippen molar-refractivity contribution in [3.63, 3.8) is 0 Å². The number of hydrogen-bond donors (Lipinski definition) is 0. The summed E-state index contributed by atoms with van der Waals surface area (Å²) in [5.41, 5.74) is 0. The molecule has 0 rings (SSSR count). The fourth-order valence-corrected chi connectivity index (χ4v) is 3.21. The van der Waals surface area contributed by atoms with Gasteiger partial charge in [0.2, 0.25) is 0 Å². The van der Waals surface area contributed by atoms with Gasteiger partial charge in [-0.05, 0) is 19.3 Å². The molecule has 0 atom stereocenters. The highest BCUT2D eigenvalue weighted by Gasteiger charge is 1.96. The Bertz CT molecular complexity index is 309. The van der Waals surface area contributed by atoms with Gasteiger partial charge < -0.3 is 4.74 Å². The van der Waals surface area contributed by atoms with Crippen molar-refractivity contribution in [3.8, 4) is 0 Å². The molecule has 0 aliphatic rings. The quantitative estimate of drug-likeness (QED) is 0.123. The summed E-state index contributed by atoms with van der Waals surface area (Å²) in [6.45, 7) is 5.04. The molecule has 0 radical (unpaired) electrons. The molecule has 0 aliphatic heterocycles. The number of carbonyl (C=O) groups is 1. The van der Waals surface area contributed by atoms with Crippen molar-refractivity contribution in [2.75, 3.05) is 6.61 Å². The molecule has 0 aromatic heterocycles. The van der Waals surface area contributed by atoms with Crippen LogP contribution in [0.15, 0.2) is 12.2 Å². The third kappa shape index (κ3) is 21.3. The number of allylic oxidation sites excluding steroid dienone is 1. The van der Waals surface area contributed by atoms with Gasteiger partial charge >= 0.3 is 5.97 Å². The van der Waals surface area contributed by atoms with Crippen molar-refractivity contribution in [3.05, 3.63) is 12.2 Å². The maximum atomic E-state index is 11.5. The molecule has 26 heavy (non-hydrogen) atoms. The van der Waals surface area contributed by atoms with Crippen molar-refractivity contribution in [1.29, 1.82) is 0 Å². The minimum absolute atomic E-state index is 0.170. The summed E-state index contributed by atoms with van der Waals surface area (Å²) in [6.07, 6.45) is 27.1. The zero-order valence-corrected chi connectivity index (χ0v) is 17.9. The van der Waals surface area contributed by atoms with E-state index in [2.05, 4.69) is 13.8 Å². The minimum atomic E-state index is -0.170. The standard InChI is InChI=1S/C24H46O2/c1-3-5-7-9-10-11-12-13-14-15-16-17-18-19-20-22-24(25)26-23-21-8-6-4-2/h20,22H,3-19,21,23H2,1-2H3. The molecular weight excluding hydrogens is 320 g/mol. The van der Waals surface area contributed by atoms with E-state index < -0.39 is 0 Å². The number of rotatable bonds is 20. The molecule has 0 fully saturated rings. The van der Waals surface area contributed by atoms with Crippen molar-refractivity contribution in [2.24, 2.45) is 0 Å². The topological polar surface area (TPSA) is 26.3 Å². The van der Waals surface area contributed by atoms with E-state index in [0.717, 1.165) is 19.3 Å². The fourth-order valence-electron chi connectivity index (χ4n) is 3.21. The predicted molar refractivity (Wildman–Crippen MR) is 115 cm³/mol. The van der Waals surface area contributed by atoms with Gasteiger partial charge in [-0.2, -0.15) is 0 Å². The average Bonchev–Trinajstić information content (AvgIpc) is 2.64. The summed E-state index contributed by atoms with van der Waals surface area (Å²) in [7, 11) is 0. The van der Waals surface area contributed by atoms with Crippen LogP contribution in [0, 0.1) is 0 Å². The second-order valence-electron chi connectivity index (χ2n) is 7.66. The normalized spacial score (nSPS) is 11.3. The third-order valence-electron chi connectivity index (χ3n) is 4.97. The van der Waals surface area contributed by atoms with Crippen LogP contribution in [-0.2, 0) is 9.53 Å². The average molecular weight is 367 g/mol. The molecule has 0 aliphatic carbocycles. The zero-order chi connectivity index (χ0) is 19.1. The van der Waals surface area contributed by atoms with Crippen molar-refractivity contribution < 1.29 is 9.53 Å². The first-order chi connectivity index (χ1) is 12.8. The summed E-state index contributed by atoms with van der Waals surface area (Å²) >= 11 is 0. The SMILES string of the molecule is CCCCCCCCCCCCCCCC=CC(=O)OCCCCCC. The molecule has 2 heteroatoms. The monoisotopic (exact) mass is 366 g/mol. The second kappa shape index (κ2) is 22.3. The third-order valence-corrected chi connectivity index (χ3v) is 4.97. The maximum Gasteiger partial charge on any atom is 0.330 e. The largest absolute Gasteiger partial charge is 0.463 e. The Labute approximate surface area is 164 Å². The Balaban J connectivity index is 3.19. The molecule has 2 nitrogen and oxygen atoms in total. The van der Waals surface area contributed by atoms with E-state index in [4.69, 9.17) is 4.74 Å². The van der Waals surface area contributed by atoms with Crippen LogP contribution in [0.2, 0.25) is 0 Å². The van der Waals surface area contributed by atoms with E-state index in [9.17, 15) is 4.79 Å². The summed E-state index contributed by atoms with van der Waals surface area (Å²) in [4.78, 5) is 11.5. The van der Waals surface area contributed by atoms with Crippen molar-refractivity contribution >= 4 is 5.97 Å². The van der Waals surface area contributed by atoms with Gasteiger partial charge in [-0.25, -0.2) is 4.79 Å². The van der Waals surface area contributed by atoms with Gasteiger partial charge in [-0.3, -0.25) is 0 Å². The lowest BCUT2D eigenvalue weighted by Crippen LogP contribution is -2.02. The first kappa shape index (κ1) is 25.2. The van der Waals surface area contributed by atoms with Crippen LogP contribution in [-0.4, -0.2) is 12.6 Å². The van der Waals surface area contributed by atoms with Gasteiger partial charge in [0.1, 0.15) is 0 Å². The number of esters is 1. The Kier molecular flexibility index (Phi) is 21.6. The van der Waals surface area contributed by atoms with Gasteiger partial charge in [-0.1, -0.05) is 116 Å². The van der Waals surface area contributed by atoms with E-state index in [1.54, 1.807) is 6.08 Å². The maximum absolute atomic E-state index is 11.5. The molecule has 0 unspecified atom stereocenters. The first-order valence-electron chi connectivity index (χ1n) is 11.6. The molecule has 154 valence electrons. The van der Waals surface area contributed by atoms with Crippen molar-refractivity contribution in [2.45, 2.75) is 129 Å². The van der Waals surface area contributed by atoms with Crippen LogP contribution >= 0.6 is 0 Å². The zero-order valence-electron chi connectivity index (χ0n) is 17.9. The Morgan fingerprint density at radius 1 is 0.615 bits per heavy atom. The van der Waals surface area contributed by atoms with Gasteiger partial charge in [0.25, 0.3) is 0 Å². The van der Waals surface area contributed by atoms with E-state index >= 15 is 0 Å². The lowest BCUT2D eigenvalue weighted by atomic mass is 10.0. The van der Waals surface area contributed by atoms with Crippen LogP contribution in [0.3, 0.4) is 0 Å². The number of carbonyl (C=O) groups excluding carboxylic acids is 1. The van der Waals surface area contributed by atoms with E-state index in [-0.39, 0.29) is 5.97 Å². The fraction of sp³-hybridized carbons (Fsp3) is 0.875.